The Morgan fingerprint density at radius 3 is 2.33 bits per heavy atom. The number of amides is 2. The van der Waals surface area contributed by atoms with Crippen molar-refractivity contribution in [3.05, 3.63) is 0 Å². The topological polar surface area (TPSA) is 69.6 Å². The van der Waals surface area contributed by atoms with E-state index in [0.717, 1.165) is 12.8 Å². The van der Waals surface area contributed by atoms with Crippen LogP contribution in [0.1, 0.15) is 45.4 Å². The first-order valence-corrected chi connectivity index (χ1v) is 6.75. The zero-order valence-corrected chi connectivity index (χ0v) is 11.3. The summed E-state index contributed by atoms with van der Waals surface area (Å²) >= 11 is 0. The normalized spacial score (nSPS) is 18.8. The molecule has 1 atom stereocenters. The Kier molecular flexibility index (Phi) is 5.95. The van der Waals surface area contributed by atoms with Crippen molar-refractivity contribution >= 4 is 12.0 Å². The van der Waals surface area contributed by atoms with E-state index < -0.39 is 11.9 Å². The number of nitrogens with one attached hydrogen (secondary N) is 1. The lowest BCUT2D eigenvalue weighted by Crippen LogP contribution is -2.45. The molecule has 18 heavy (non-hydrogen) atoms. The first-order chi connectivity index (χ1) is 8.50. The van der Waals surface area contributed by atoms with Gasteiger partial charge in [0.2, 0.25) is 0 Å². The van der Waals surface area contributed by atoms with E-state index in [4.69, 9.17) is 5.11 Å². The van der Waals surface area contributed by atoms with Gasteiger partial charge in [0.1, 0.15) is 0 Å². The molecule has 5 nitrogen and oxygen atoms in total. The van der Waals surface area contributed by atoms with Crippen LogP contribution in [-0.2, 0) is 4.79 Å². The van der Waals surface area contributed by atoms with Crippen LogP contribution in [0.2, 0.25) is 0 Å². The highest BCUT2D eigenvalue weighted by atomic mass is 16.4. The second-order valence-corrected chi connectivity index (χ2v) is 5.26. The fraction of sp³-hybridized carbons (Fsp3) is 0.846. The van der Waals surface area contributed by atoms with Crippen molar-refractivity contribution in [2.24, 2.45) is 5.92 Å². The number of rotatable bonds is 4. The minimum Gasteiger partial charge on any atom is -0.481 e. The van der Waals surface area contributed by atoms with E-state index in [1.165, 1.54) is 30.6 Å². The second kappa shape index (κ2) is 7.24. The third-order valence-electron chi connectivity index (χ3n) is 3.50. The van der Waals surface area contributed by atoms with Gasteiger partial charge in [-0.2, -0.15) is 0 Å². The Labute approximate surface area is 109 Å². The van der Waals surface area contributed by atoms with E-state index in [1.807, 2.05) is 0 Å². The Morgan fingerprint density at radius 2 is 1.83 bits per heavy atom. The van der Waals surface area contributed by atoms with E-state index >= 15 is 0 Å². The van der Waals surface area contributed by atoms with E-state index in [-0.39, 0.29) is 18.6 Å². The monoisotopic (exact) mass is 256 g/mol. The van der Waals surface area contributed by atoms with Crippen molar-refractivity contribution in [3.63, 3.8) is 0 Å². The summed E-state index contributed by atoms with van der Waals surface area (Å²) < 4.78 is 0. The summed E-state index contributed by atoms with van der Waals surface area (Å²) in [4.78, 5) is 24.1. The van der Waals surface area contributed by atoms with Gasteiger partial charge in [-0.1, -0.05) is 32.6 Å². The quantitative estimate of drug-likeness (QED) is 0.756. The van der Waals surface area contributed by atoms with E-state index in [2.05, 4.69) is 5.32 Å². The molecule has 5 heteroatoms. The molecule has 0 saturated heterocycles. The number of hydrogen-bond acceptors (Lipinski definition) is 2. The minimum absolute atomic E-state index is 0.157. The molecule has 0 aromatic carbocycles. The number of aliphatic carboxylic acids is 1. The predicted molar refractivity (Wildman–Crippen MR) is 69.5 cm³/mol. The number of carbonyl (C=O) groups is 2. The molecule has 1 rings (SSSR count). The molecule has 0 aliphatic heterocycles. The van der Waals surface area contributed by atoms with Gasteiger partial charge in [-0.3, -0.25) is 4.79 Å². The predicted octanol–water partition coefficient (Wildman–Crippen LogP) is 2.07. The zero-order valence-electron chi connectivity index (χ0n) is 11.3. The van der Waals surface area contributed by atoms with Gasteiger partial charge in [0.25, 0.3) is 0 Å². The van der Waals surface area contributed by atoms with E-state index in [0.29, 0.717) is 0 Å². The van der Waals surface area contributed by atoms with Crippen LogP contribution >= 0.6 is 0 Å². The second-order valence-electron chi connectivity index (χ2n) is 5.26. The number of carboxylic acid groups (broad SMARTS) is 1. The number of urea groups is 1. The van der Waals surface area contributed by atoms with Gasteiger partial charge >= 0.3 is 12.0 Å². The molecular formula is C13H24N2O3. The highest BCUT2D eigenvalue weighted by Gasteiger charge is 2.20. The molecule has 1 fully saturated rings. The van der Waals surface area contributed by atoms with Gasteiger partial charge in [0, 0.05) is 19.6 Å². The Morgan fingerprint density at radius 1 is 1.28 bits per heavy atom. The number of carboxylic acids is 1. The maximum atomic E-state index is 11.9. The molecule has 0 aromatic rings. The molecular weight excluding hydrogens is 232 g/mol. The maximum Gasteiger partial charge on any atom is 0.317 e. The first kappa shape index (κ1) is 14.8. The molecule has 0 heterocycles. The lowest BCUT2D eigenvalue weighted by Gasteiger charge is -2.24. The van der Waals surface area contributed by atoms with Crippen LogP contribution in [0.3, 0.4) is 0 Å². The lowest BCUT2D eigenvalue weighted by atomic mass is 10.1. The van der Waals surface area contributed by atoms with Crippen molar-refractivity contribution in [2.45, 2.75) is 51.5 Å². The van der Waals surface area contributed by atoms with Crippen LogP contribution in [0, 0.1) is 5.92 Å². The molecule has 0 spiro atoms. The third-order valence-corrected chi connectivity index (χ3v) is 3.50. The Bertz CT molecular complexity index is 286. The van der Waals surface area contributed by atoms with Gasteiger partial charge < -0.3 is 15.3 Å². The summed E-state index contributed by atoms with van der Waals surface area (Å²) in [6, 6.07) is 0.0950. The standard InChI is InChI=1S/C13H24N2O3/c1-10(12(16)17)9-15(2)13(18)14-11-7-5-3-4-6-8-11/h10-11H,3-9H2,1-2H3,(H,14,18)(H,16,17). The Balaban J connectivity index is 2.36. The number of nitrogens with zero attached hydrogens (tertiary/aromatic N) is 1. The molecule has 2 N–H and O–H groups in total. The van der Waals surface area contributed by atoms with Crippen LogP contribution in [0.25, 0.3) is 0 Å². The summed E-state index contributed by atoms with van der Waals surface area (Å²) in [6.45, 7) is 1.85. The lowest BCUT2D eigenvalue weighted by molar-refractivity contribution is -0.141. The molecule has 1 unspecified atom stereocenters. The number of carbonyl (C=O) groups excluding carboxylic acids is 1. The number of hydrogen-bond donors (Lipinski definition) is 2. The van der Waals surface area contributed by atoms with Gasteiger partial charge in [-0.15, -0.1) is 0 Å². The van der Waals surface area contributed by atoms with Crippen LogP contribution < -0.4 is 5.32 Å². The van der Waals surface area contributed by atoms with Crippen LogP contribution in [0.15, 0.2) is 0 Å². The van der Waals surface area contributed by atoms with Crippen molar-refractivity contribution in [2.75, 3.05) is 13.6 Å². The summed E-state index contributed by atoms with van der Waals surface area (Å²) in [5, 5.41) is 11.8. The fourth-order valence-corrected chi connectivity index (χ4v) is 2.28. The van der Waals surface area contributed by atoms with Gasteiger partial charge in [0.15, 0.2) is 0 Å². The minimum atomic E-state index is -0.871. The summed E-state index contributed by atoms with van der Waals surface area (Å²) in [5.41, 5.74) is 0. The highest BCUT2D eigenvalue weighted by Crippen LogP contribution is 2.17. The van der Waals surface area contributed by atoms with Crippen LogP contribution in [0.5, 0.6) is 0 Å². The van der Waals surface area contributed by atoms with Gasteiger partial charge in [-0.25, -0.2) is 4.79 Å². The maximum absolute atomic E-state index is 11.9. The molecule has 104 valence electrons. The molecule has 2 amide bonds. The van der Waals surface area contributed by atoms with Crippen LogP contribution in [-0.4, -0.2) is 41.6 Å². The summed E-state index contributed by atoms with van der Waals surface area (Å²) in [5.74, 6) is -1.40. The molecule has 0 radical (unpaired) electrons. The van der Waals surface area contributed by atoms with Crippen molar-refractivity contribution < 1.29 is 14.7 Å². The highest BCUT2D eigenvalue weighted by molar-refractivity contribution is 5.75. The van der Waals surface area contributed by atoms with E-state index in [1.54, 1.807) is 14.0 Å². The third kappa shape index (κ3) is 4.94. The van der Waals surface area contributed by atoms with Crippen molar-refractivity contribution in [1.82, 2.24) is 10.2 Å². The SMILES string of the molecule is CC(CN(C)C(=O)NC1CCCCCC1)C(=O)O. The molecule has 1 aliphatic rings. The summed E-state index contributed by atoms with van der Waals surface area (Å²) in [7, 11) is 1.64. The smallest absolute Gasteiger partial charge is 0.317 e. The molecule has 0 aromatic heterocycles. The average Bonchev–Trinajstić information content (AvgIpc) is 2.57. The molecule has 1 aliphatic carbocycles. The van der Waals surface area contributed by atoms with Crippen molar-refractivity contribution in [1.29, 1.82) is 0 Å². The fourth-order valence-electron chi connectivity index (χ4n) is 2.28. The zero-order chi connectivity index (χ0) is 13.5. The van der Waals surface area contributed by atoms with Gasteiger partial charge in [-0.05, 0) is 12.8 Å². The first-order valence-electron chi connectivity index (χ1n) is 6.75. The average molecular weight is 256 g/mol. The Hall–Kier alpha value is -1.26. The van der Waals surface area contributed by atoms with Crippen molar-refractivity contribution in [3.8, 4) is 0 Å². The molecule has 0 bridgehead atoms. The largest absolute Gasteiger partial charge is 0.481 e. The summed E-state index contributed by atoms with van der Waals surface area (Å²) in [6.07, 6.45) is 6.90. The molecule has 1 saturated carbocycles. The van der Waals surface area contributed by atoms with Gasteiger partial charge in [0.05, 0.1) is 5.92 Å². The van der Waals surface area contributed by atoms with E-state index in [9.17, 15) is 9.59 Å². The van der Waals surface area contributed by atoms with Crippen LogP contribution in [0.4, 0.5) is 4.79 Å².